The number of carbonyl (C=O) groups excluding carboxylic acids is 1. The highest BCUT2D eigenvalue weighted by Crippen LogP contribution is 2.56. The van der Waals surface area contributed by atoms with E-state index in [1.807, 2.05) is 6.07 Å². The molecule has 4 rings (SSSR count). The van der Waals surface area contributed by atoms with Crippen molar-refractivity contribution in [2.24, 2.45) is 16.6 Å². The number of halogens is 3. The number of alkyl halides is 2. The Morgan fingerprint density at radius 1 is 1.43 bits per heavy atom. The topological polar surface area (TPSA) is 113 Å². The molecule has 2 aliphatic rings. The fourth-order valence-electron chi connectivity index (χ4n) is 3.72. The zero-order chi connectivity index (χ0) is 21.6. The van der Waals surface area contributed by atoms with Crippen LogP contribution >= 0.6 is 0 Å². The maximum atomic E-state index is 15.0. The Hall–Kier alpha value is -3.61. The molecule has 3 atom stereocenters. The lowest BCUT2D eigenvalue weighted by Gasteiger charge is -2.33. The molecule has 0 radical (unpaired) electrons. The first kappa shape index (κ1) is 19.7. The summed E-state index contributed by atoms with van der Waals surface area (Å²) in [6.45, 7) is 1.41. The van der Waals surface area contributed by atoms with Crippen LogP contribution < -0.4 is 11.1 Å². The van der Waals surface area contributed by atoms with E-state index in [2.05, 4.69) is 15.3 Å². The second-order valence-corrected chi connectivity index (χ2v) is 7.23. The lowest BCUT2D eigenvalue weighted by atomic mass is 9.83. The molecule has 0 spiro atoms. The third kappa shape index (κ3) is 3.12. The van der Waals surface area contributed by atoms with Crippen LogP contribution in [0, 0.1) is 30.0 Å². The van der Waals surface area contributed by atoms with Crippen molar-refractivity contribution in [1.82, 2.24) is 4.98 Å². The summed E-state index contributed by atoms with van der Waals surface area (Å²) in [6.07, 6.45) is -2.07. The summed E-state index contributed by atoms with van der Waals surface area (Å²) in [7, 11) is 0. The molecule has 7 nitrogen and oxygen atoms in total. The van der Waals surface area contributed by atoms with Crippen LogP contribution in [0.3, 0.4) is 0 Å². The van der Waals surface area contributed by atoms with Gasteiger partial charge >= 0.3 is 0 Å². The maximum absolute atomic E-state index is 15.0. The van der Waals surface area contributed by atoms with Crippen LogP contribution in [0.15, 0.2) is 35.5 Å². The number of amides is 1. The van der Waals surface area contributed by atoms with Gasteiger partial charge in [0.15, 0.2) is 5.54 Å². The number of aliphatic imine (C=N–C) groups is 1. The molecule has 154 valence electrons. The molecule has 10 heteroatoms. The minimum Gasteiger partial charge on any atom is -0.462 e. The maximum Gasteiger partial charge on any atom is 0.283 e. The number of rotatable bonds is 4. The number of nitrogens with two attached hydrogens (primary N) is 1. The number of nitrogens with zero attached hydrogens (tertiary/aromatic N) is 3. The predicted octanol–water partition coefficient (Wildman–Crippen LogP) is 2.85. The Morgan fingerprint density at radius 2 is 2.20 bits per heavy atom. The Morgan fingerprint density at radius 3 is 2.83 bits per heavy atom. The lowest BCUT2D eigenvalue weighted by Crippen LogP contribution is -2.43. The van der Waals surface area contributed by atoms with E-state index >= 15 is 0 Å². The fraction of sp³-hybridized carbons (Fsp3) is 0.300. The van der Waals surface area contributed by atoms with Crippen LogP contribution in [-0.4, -0.2) is 29.4 Å². The number of pyridine rings is 1. The number of amidine groups is 1. The van der Waals surface area contributed by atoms with Crippen LogP contribution in [0.5, 0.6) is 0 Å². The molecule has 1 fully saturated rings. The summed E-state index contributed by atoms with van der Waals surface area (Å²) in [6, 6.07) is 6.72. The van der Waals surface area contributed by atoms with E-state index in [-0.39, 0.29) is 34.5 Å². The van der Waals surface area contributed by atoms with Crippen molar-refractivity contribution >= 4 is 17.6 Å². The minimum atomic E-state index is -3.03. The van der Waals surface area contributed by atoms with Gasteiger partial charge in [0.2, 0.25) is 0 Å². The highest BCUT2D eigenvalue weighted by molar-refractivity contribution is 6.03. The number of anilines is 1. The number of hydrogen-bond acceptors (Lipinski definition) is 6. The van der Waals surface area contributed by atoms with E-state index in [1.165, 1.54) is 31.3 Å². The normalized spacial score (nSPS) is 24.3. The molecule has 2 aromatic rings. The van der Waals surface area contributed by atoms with Crippen molar-refractivity contribution in [3.8, 4) is 6.07 Å². The van der Waals surface area contributed by atoms with Gasteiger partial charge in [0.25, 0.3) is 18.4 Å². The van der Waals surface area contributed by atoms with Crippen molar-refractivity contribution in [3.63, 3.8) is 0 Å². The number of hydrogen-bond donors (Lipinski definition) is 2. The molecule has 1 saturated carbocycles. The van der Waals surface area contributed by atoms with Gasteiger partial charge in [0.05, 0.1) is 5.56 Å². The first-order chi connectivity index (χ1) is 14.3. The molecule has 1 aliphatic heterocycles. The van der Waals surface area contributed by atoms with Gasteiger partial charge in [-0.3, -0.25) is 4.79 Å². The van der Waals surface area contributed by atoms with Crippen molar-refractivity contribution < 1.29 is 22.7 Å². The van der Waals surface area contributed by atoms with E-state index in [4.69, 9.17) is 15.7 Å². The van der Waals surface area contributed by atoms with Gasteiger partial charge in [-0.15, -0.1) is 0 Å². The van der Waals surface area contributed by atoms with E-state index in [0.29, 0.717) is 0 Å². The number of nitriles is 1. The van der Waals surface area contributed by atoms with Gasteiger partial charge in [0, 0.05) is 23.4 Å². The molecule has 2 heterocycles. The third-order valence-corrected chi connectivity index (χ3v) is 5.27. The van der Waals surface area contributed by atoms with Gasteiger partial charge < -0.3 is 15.8 Å². The molecular weight excluding hydrogens is 399 g/mol. The highest BCUT2D eigenvalue weighted by Gasteiger charge is 2.64. The summed E-state index contributed by atoms with van der Waals surface area (Å²) in [5, 5.41) is 11.3. The van der Waals surface area contributed by atoms with Crippen molar-refractivity contribution in [3.05, 3.63) is 58.7 Å². The highest BCUT2D eigenvalue weighted by atomic mass is 19.3. The number of fused-ring (bicyclic) bond motifs is 1. The lowest BCUT2D eigenvalue weighted by molar-refractivity contribution is 0.0176. The molecular formula is C20H16F3N5O2. The van der Waals surface area contributed by atoms with Gasteiger partial charge in [-0.05, 0) is 43.2 Å². The predicted molar refractivity (Wildman–Crippen MR) is 100 cm³/mol. The Balaban J connectivity index is 1.73. The van der Waals surface area contributed by atoms with Gasteiger partial charge in [0.1, 0.15) is 23.7 Å². The van der Waals surface area contributed by atoms with Crippen LogP contribution in [-0.2, 0) is 10.3 Å². The van der Waals surface area contributed by atoms with Crippen LogP contribution in [0.1, 0.15) is 33.6 Å². The molecule has 1 aliphatic carbocycles. The summed E-state index contributed by atoms with van der Waals surface area (Å²) < 4.78 is 48.7. The largest absolute Gasteiger partial charge is 0.462 e. The zero-order valence-electron chi connectivity index (χ0n) is 15.7. The quantitative estimate of drug-likeness (QED) is 0.797. The molecule has 30 heavy (non-hydrogen) atoms. The Bertz CT molecular complexity index is 1100. The molecule has 3 N–H and O–H groups in total. The first-order valence-electron chi connectivity index (χ1n) is 9.04. The van der Waals surface area contributed by atoms with Gasteiger partial charge in [-0.25, -0.2) is 23.1 Å². The number of ether oxygens (including phenoxy) is 1. The first-order valence-corrected chi connectivity index (χ1v) is 9.04. The van der Waals surface area contributed by atoms with Crippen LogP contribution in [0.2, 0.25) is 0 Å². The smallest absolute Gasteiger partial charge is 0.283 e. The van der Waals surface area contributed by atoms with Crippen LogP contribution in [0.25, 0.3) is 0 Å². The van der Waals surface area contributed by atoms with E-state index in [1.54, 1.807) is 0 Å². The Labute approximate surface area is 169 Å². The molecule has 0 saturated heterocycles. The SMILES string of the molecule is Cc1cc(NC(=O)c2ccc(C#N)cn2)cc([C@@]2(C(F)F)N=C(N)O[C@@H]3CC32)c1F. The number of benzene rings is 1. The standard InChI is InChI=1S/C20H16F3N5O2/c1-9-4-11(27-17(29)14-3-2-10(7-24)8-26-14)5-13(16(9)21)20(18(22)23)12-6-15(12)30-19(25)28-20/h2-5,8,12,15,18H,6H2,1H3,(H2,25,28)(H,27,29)/t12?,15-,20+/m1/s1. The average Bonchev–Trinajstić information content (AvgIpc) is 3.49. The summed E-state index contributed by atoms with van der Waals surface area (Å²) in [5.41, 5.74) is 3.51. The molecule has 1 aromatic heterocycles. The zero-order valence-corrected chi connectivity index (χ0v) is 15.7. The Kier molecular flexibility index (Phi) is 4.61. The monoisotopic (exact) mass is 415 g/mol. The molecule has 1 unspecified atom stereocenters. The summed E-state index contributed by atoms with van der Waals surface area (Å²) in [4.78, 5) is 20.2. The van der Waals surface area contributed by atoms with Gasteiger partial charge in [-0.2, -0.15) is 5.26 Å². The van der Waals surface area contributed by atoms with Crippen molar-refractivity contribution in [2.45, 2.75) is 31.4 Å². The number of aromatic nitrogens is 1. The fourth-order valence-corrected chi connectivity index (χ4v) is 3.72. The second-order valence-electron chi connectivity index (χ2n) is 7.23. The van der Waals surface area contributed by atoms with E-state index in [0.717, 1.165) is 6.07 Å². The van der Waals surface area contributed by atoms with E-state index < -0.39 is 41.7 Å². The third-order valence-electron chi connectivity index (χ3n) is 5.27. The minimum absolute atomic E-state index is 0.0108. The number of aryl methyl sites for hydroxylation is 1. The molecule has 1 amide bonds. The molecule has 0 bridgehead atoms. The number of nitrogens with one attached hydrogen (secondary N) is 1. The van der Waals surface area contributed by atoms with Crippen LogP contribution in [0.4, 0.5) is 18.9 Å². The van der Waals surface area contributed by atoms with Gasteiger partial charge in [-0.1, -0.05) is 0 Å². The molecule has 1 aromatic carbocycles. The second kappa shape index (κ2) is 7.02. The van der Waals surface area contributed by atoms with Crippen molar-refractivity contribution in [2.75, 3.05) is 5.32 Å². The average molecular weight is 415 g/mol. The summed E-state index contributed by atoms with van der Waals surface area (Å²) in [5.74, 6) is -2.19. The van der Waals surface area contributed by atoms with Crippen molar-refractivity contribution in [1.29, 1.82) is 5.26 Å². The van der Waals surface area contributed by atoms with E-state index in [9.17, 15) is 18.0 Å². The summed E-state index contributed by atoms with van der Waals surface area (Å²) >= 11 is 0. The number of carbonyl (C=O) groups is 1.